The summed E-state index contributed by atoms with van der Waals surface area (Å²) in [4.78, 5) is 0. The lowest BCUT2D eigenvalue weighted by Crippen LogP contribution is -2.64. The summed E-state index contributed by atoms with van der Waals surface area (Å²) in [6.07, 6.45) is 8.69. The molecule has 0 N–H and O–H groups in total. The van der Waals surface area contributed by atoms with Crippen LogP contribution < -0.4 is 0 Å². The molecule has 2 aliphatic rings. The number of epoxide rings is 1. The van der Waals surface area contributed by atoms with Crippen molar-refractivity contribution in [1.82, 2.24) is 0 Å². The minimum absolute atomic E-state index is 0.154. The van der Waals surface area contributed by atoms with Crippen molar-refractivity contribution >= 4 is 8.56 Å². The van der Waals surface area contributed by atoms with Crippen molar-refractivity contribution in [3.8, 4) is 0 Å². The fourth-order valence-corrected chi connectivity index (χ4v) is 7.45. The van der Waals surface area contributed by atoms with E-state index in [2.05, 4.69) is 0 Å². The van der Waals surface area contributed by atoms with Crippen LogP contribution in [0.4, 0.5) is 0 Å². The highest BCUT2D eigenvalue weighted by atomic mass is 28.4. The first kappa shape index (κ1) is 15.4. The van der Waals surface area contributed by atoms with Crippen molar-refractivity contribution in [3.05, 3.63) is 0 Å². The molecule has 0 saturated carbocycles. The van der Waals surface area contributed by atoms with E-state index in [9.17, 15) is 0 Å². The summed E-state index contributed by atoms with van der Waals surface area (Å²) in [7, 11) is 3.20. The highest BCUT2D eigenvalue weighted by molar-refractivity contribution is 6.70. The Bertz CT molecular complexity index is 279. The van der Waals surface area contributed by atoms with E-state index in [-0.39, 0.29) is 5.22 Å². The zero-order valence-electron chi connectivity index (χ0n) is 12.6. The lowest BCUT2D eigenvalue weighted by atomic mass is 10.0. The maximum atomic E-state index is 5.98. The molecule has 0 bridgehead atoms. The fraction of sp³-hybridized carbons (Fsp3) is 1.00. The topological polar surface area (TPSA) is 40.2 Å². The van der Waals surface area contributed by atoms with Gasteiger partial charge in [0.25, 0.3) is 0 Å². The van der Waals surface area contributed by atoms with Gasteiger partial charge in [0.2, 0.25) is 0 Å². The molecule has 0 spiro atoms. The van der Waals surface area contributed by atoms with Crippen molar-refractivity contribution in [2.24, 2.45) is 0 Å². The normalized spacial score (nSPS) is 33.3. The van der Waals surface area contributed by atoms with Gasteiger partial charge in [-0.25, -0.2) is 0 Å². The van der Waals surface area contributed by atoms with E-state index in [1.165, 1.54) is 32.1 Å². The average molecular weight is 288 g/mol. The van der Waals surface area contributed by atoms with Crippen LogP contribution in [0.25, 0.3) is 0 Å². The molecule has 2 heterocycles. The third-order valence-electron chi connectivity index (χ3n) is 4.84. The maximum absolute atomic E-state index is 5.98. The van der Waals surface area contributed by atoms with Crippen molar-refractivity contribution in [3.63, 3.8) is 0 Å². The molecule has 4 nitrogen and oxygen atoms in total. The molecule has 2 atom stereocenters. The summed E-state index contributed by atoms with van der Waals surface area (Å²) >= 11 is 0. The van der Waals surface area contributed by atoms with Gasteiger partial charge >= 0.3 is 8.56 Å². The minimum atomic E-state index is -2.23. The summed E-state index contributed by atoms with van der Waals surface area (Å²) in [5.74, 6) is 0. The molecule has 2 unspecified atom stereocenters. The summed E-state index contributed by atoms with van der Waals surface area (Å²) in [5, 5.41) is -0.154. The molecule has 0 aromatic carbocycles. The molecule has 5 heteroatoms. The third-order valence-corrected chi connectivity index (χ3v) is 9.26. The van der Waals surface area contributed by atoms with Crippen LogP contribution in [0.15, 0.2) is 0 Å². The Kier molecular flexibility index (Phi) is 5.43. The van der Waals surface area contributed by atoms with E-state index in [0.717, 1.165) is 25.5 Å². The van der Waals surface area contributed by atoms with Crippen LogP contribution in [0.3, 0.4) is 0 Å². The lowest BCUT2D eigenvalue weighted by molar-refractivity contribution is -0.0161. The number of hydrogen-bond acceptors (Lipinski definition) is 4. The van der Waals surface area contributed by atoms with Gasteiger partial charge in [0, 0.05) is 21.3 Å². The first-order valence-corrected chi connectivity index (χ1v) is 9.51. The van der Waals surface area contributed by atoms with Crippen molar-refractivity contribution in [1.29, 1.82) is 0 Å². The van der Waals surface area contributed by atoms with E-state index < -0.39 is 8.56 Å². The summed E-state index contributed by atoms with van der Waals surface area (Å²) in [6.45, 7) is 0.963. The van der Waals surface area contributed by atoms with Gasteiger partial charge in [0.05, 0.1) is 12.7 Å². The van der Waals surface area contributed by atoms with Crippen LogP contribution in [-0.2, 0) is 18.3 Å². The Morgan fingerprint density at radius 2 is 1.89 bits per heavy atom. The van der Waals surface area contributed by atoms with Gasteiger partial charge in [0.1, 0.15) is 5.22 Å². The Labute approximate surface area is 118 Å². The van der Waals surface area contributed by atoms with Gasteiger partial charge in [-0.2, -0.15) is 0 Å². The minimum Gasteiger partial charge on any atom is -0.396 e. The molecule has 0 radical (unpaired) electrons. The molecule has 2 rings (SSSR count). The second-order valence-electron chi connectivity index (χ2n) is 5.77. The Hall–Kier alpha value is 0.0569. The predicted octanol–water partition coefficient (Wildman–Crippen LogP) is 2.79. The van der Waals surface area contributed by atoms with Crippen molar-refractivity contribution in [2.75, 3.05) is 27.9 Å². The zero-order chi connectivity index (χ0) is 13.8. The molecule has 0 amide bonds. The van der Waals surface area contributed by atoms with E-state index in [1.807, 2.05) is 7.11 Å². The number of ether oxygens (including phenoxy) is 2. The smallest absolute Gasteiger partial charge is 0.370 e. The highest BCUT2D eigenvalue weighted by Crippen LogP contribution is 2.43. The van der Waals surface area contributed by atoms with Crippen LogP contribution >= 0.6 is 0 Å². The van der Waals surface area contributed by atoms with Gasteiger partial charge in [-0.3, -0.25) is 0 Å². The second-order valence-corrected chi connectivity index (χ2v) is 9.50. The molecule has 2 fully saturated rings. The third kappa shape index (κ3) is 3.21. The molecular weight excluding hydrogens is 260 g/mol. The summed E-state index contributed by atoms with van der Waals surface area (Å²) < 4.78 is 23.0. The Morgan fingerprint density at radius 1 is 1.16 bits per heavy atom. The average Bonchev–Trinajstić information content (AvgIpc) is 3.28. The molecule has 0 aromatic heterocycles. The molecule has 2 saturated heterocycles. The molecule has 19 heavy (non-hydrogen) atoms. The van der Waals surface area contributed by atoms with E-state index >= 15 is 0 Å². The largest absolute Gasteiger partial charge is 0.396 e. The molecule has 0 aliphatic carbocycles. The molecule has 0 aromatic rings. The molecule has 2 aliphatic heterocycles. The van der Waals surface area contributed by atoms with Crippen LogP contribution in [0, 0.1) is 0 Å². The standard InChI is InChI=1S/C14H28O4Si/c1-15-14(9-5-4-8-13-12-18-13)10-6-7-11-19(14,16-2)17-3/h13H,4-12H2,1-3H3. The van der Waals surface area contributed by atoms with E-state index in [4.69, 9.17) is 18.3 Å². The predicted molar refractivity (Wildman–Crippen MR) is 76.4 cm³/mol. The lowest BCUT2D eigenvalue weighted by Gasteiger charge is -2.48. The van der Waals surface area contributed by atoms with Crippen LogP contribution in [0.1, 0.15) is 44.9 Å². The first-order valence-electron chi connectivity index (χ1n) is 7.49. The Balaban J connectivity index is 1.94. The highest BCUT2D eigenvalue weighted by Gasteiger charge is 2.58. The first-order chi connectivity index (χ1) is 9.22. The van der Waals surface area contributed by atoms with Gasteiger partial charge in [-0.15, -0.1) is 0 Å². The van der Waals surface area contributed by atoms with E-state index in [1.54, 1.807) is 14.2 Å². The molecular formula is C14H28O4Si. The van der Waals surface area contributed by atoms with Crippen molar-refractivity contribution in [2.45, 2.75) is 62.3 Å². The summed E-state index contributed by atoms with van der Waals surface area (Å²) in [5.41, 5.74) is 0. The zero-order valence-corrected chi connectivity index (χ0v) is 13.6. The van der Waals surface area contributed by atoms with Crippen molar-refractivity contribution < 1.29 is 18.3 Å². The monoisotopic (exact) mass is 288 g/mol. The molecule has 112 valence electrons. The van der Waals surface area contributed by atoms with Gasteiger partial charge in [0.15, 0.2) is 0 Å². The Morgan fingerprint density at radius 3 is 2.47 bits per heavy atom. The second kappa shape index (κ2) is 6.67. The van der Waals surface area contributed by atoms with Gasteiger partial charge in [-0.05, 0) is 25.3 Å². The maximum Gasteiger partial charge on any atom is 0.370 e. The van der Waals surface area contributed by atoms with E-state index in [0.29, 0.717) is 6.10 Å². The quantitative estimate of drug-likeness (QED) is 0.391. The van der Waals surface area contributed by atoms with Crippen LogP contribution in [0.5, 0.6) is 0 Å². The van der Waals surface area contributed by atoms with Gasteiger partial charge < -0.3 is 18.3 Å². The van der Waals surface area contributed by atoms with Crippen LogP contribution in [-0.4, -0.2) is 47.8 Å². The number of hydrogen-bond donors (Lipinski definition) is 0. The number of methoxy groups -OCH3 is 1. The summed E-state index contributed by atoms with van der Waals surface area (Å²) in [6, 6.07) is 1.06. The van der Waals surface area contributed by atoms with Gasteiger partial charge in [-0.1, -0.05) is 25.7 Å². The SMILES string of the molecule is COC1(CCCCC2CO2)CCCC[Si]1(OC)OC. The number of rotatable bonds is 8. The number of unbranched alkanes of at least 4 members (excludes halogenated alkanes) is 1. The van der Waals surface area contributed by atoms with Crippen LogP contribution in [0.2, 0.25) is 6.04 Å². The fourth-order valence-electron chi connectivity index (χ4n) is 3.54.